The van der Waals surface area contributed by atoms with E-state index in [1.54, 1.807) is 6.07 Å². The lowest BCUT2D eigenvalue weighted by molar-refractivity contribution is -0.896. The van der Waals surface area contributed by atoms with Gasteiger partial charge in [-0.3, -0.25) is 9.59 Å². The molecular formula is C24H29F3N2O6. The normalized spacial score (nSPS) is 16.5. The van der Waals surface area contributed by atoms with Crippen LogP contribution in [0.2, 0.25) is 0 Å². The third-order valence-corrected chi connectivity index (χ3v) is 5.88. The molecule has 0 aliphatic carbocycles. The number of rotatable bonds is 7. The van der Waals surface area contributed by atoms with Crippen molar-refractivity contribution in [3.8, 4) is 0 Å². The van der Waals surface area contributed by atoms with Gasteiger partial charge in [0.05, 0.1) is 39.1 Å². The molecule has 1 aliphatic rings. The lowest BCUT2D eigenvalue weighted by Gasteiger charge is -2.44. The van der Waals surface area contributed by atoms with Gasteiger partial charge in [-0.2, -0.15) is 13.2 Å². The lowest BCUT2D eigenvalue weighted by Crippen LogP contribution is -2.60. The Hall–Kier alpha value is -3.34. The van der Waals surface area contributed by atoms with Crippen molar-refractivity contribution in [2.24, 2.45) is 0 Å². The summed E-state index contributed by atoms with van der Waals surface area (Å²) < 4.78 is 38.1. The first-order valence-corrected chi connectivity index (χ1v) is 11.0. The number of carbonyl (C=O) groups is 3. The molecule has 2 aromatic rings. The van der Waals surface area contributed by atoms with E-state index < -0.39 is 23.7 Å². The van der Waals surface area contributed by atoms with Gasteiger partial charge in [-0.1, -0.05) is 30.3 Å². The molecule has 35 heavy (non-hydrogen) atoms. The fraction of sp³-hybridized carbons (Fsp3) is 0.458. The van der Waals surface area contributed by atoms with Crippen molar-refractivity contribution >= 4 is 17.8 Å². The highest BCUT2D eigenvalue weighted by atomic mass is 19.4. The van der Waals surface area contributed by atoms with Gasteiger partial charge in [0.2, 0.25) is 0 Å². The van der Waals surface area contributed by atoms with Gasteiger partial charge in [-0.15, -0.1) is 0 Å². The first-order valence-electron chi connectivity index (χ1n) is 11.0. The lowest BCUT2D eigenvalue weighted by atomic mass is 9.83. The molecule has 0 unspecified atom stereocenters. The van der Waals surface area contributed by atoms with E-state index in [1.807, 2.05) is 24.3 Å². The Labute approximate surface area is 200 Å². The number of amides is 1. The van der Waals surface area contributed by atoms with Gasteiger partial charge in [0.25, 0.3) is 5.91 Å². The van der Waals surface area contributed by atoms with E-state index in [0.717, 1.165) is 29.8 Å². The summed E-state index contributed by atoms with van der Waals surface area (Å²) in [5.74, 6) is -3.24. The number of benzene rings is 1. The van der Waals surface area contributed by atoms with Gasteiger partial charge in [0.15, 0.2) is 5.76 Å². The standard InChI is InChI=1S/C22H28N2O4.C2HF3O2/c1-24(2)14-12-22(13-15-24,16-20(25)26)23-21(27)19-11-10-18(28-19)9-8-17-6-4-3-5-7-17;3-2(4,5)1(6)7/h3-7,10-11H,8-9,12-16H2,1-2H3,(H-,23,25,26,27);(H,6,7). The van der Waals surface area contributed by atoms with Crippen molar-refractivity contribution < 1.29 is 46.7 Å². The predicted molar refractivity (Wildman–Crippen MR) is 117 cm³/mol. The molecule has 1 saturated heterocycles. The number of aliphatic carboxylic acids is 2. The summed E-state index contributed by atoms with van der Waals surface area (Å²) in [5, 5.41) is 21.1. The van der Waals surface area contributed by atoms with Crippen LogP contribution in [0, 0.1) is 0 Å². The van der Waals surface area contributed by atoms with Gasteiger partial charge in [0.1, 0.15) is 11.7 Å². The number of carbonyl (C=O) groups excluding carboxylic acids is 2. The Kier molecular flexibility index (Phi) is 9.08. The van der Waals surface area contributed by atoms with Crippen molar-refractivity contribution in [1.29, 1.82) is 0 Å². The average molecular weight is 498 g/mol. The molecule has 2 heterocycles. The Morgan fingerprint density at radius 1 is 1.06 bits per heavy atom. The van der Waals surface area contributed by atoms with Crippen LogP contribution in [0.25, 0.3) is 0 Å². The Bertz CT molecular complexity index is 1010. The molecule has 3 rings (SSSR count). The summed E-state index contributed by atoms with van der Waals surface area (Å²) >= 11 is 0. The number of furan rings is 1. The summed E-state index contributed by atoms with van der Waals surface area (Å²) in [6.07, 6.45) is -2.44. The van der Waals surface area contributed by atoms with Crippen molar-refractivity contribution in [3.63, 3.8) is 0 Å². The van der Waals surface area contributed by atoms with Crippen molar-refractivity contribution in [3.05, 3.63) is 59.5 Å². The van der Waals surface area contributed by atoms with Gasteiger partial charge < -0.3 is 29.2 Å². The molecule has 1 aromatic heterocycles. The van der Waals surface area contributed by atoms with Crippen LogP contribution in [-0.2, 0) is 22.4 Å². The molecule has 8 nitrogen and oxygen atoms in total. The van der Waals surface area contributed by atoms with E-state index in [4.69, 9.17) is 14.3 Å². The number of quaternary nitrogens is 1. The van der Waals surface area contributed by atoms with Gasteiger partial charge in [-0.05, 0) is 24.1 Å². The SMILES string of the molecule is C[N+]1(C)CCC(CC(=O)O)(NC(=O)c2ccc(CCc3ccccc3)o2)CC1.O=C([O-])C(F)(F)F. The summed E-state index contributed by atoms with van der Waals surface area (Å²) in [5.41, 5.74) is 0.501. The van der Waals surface area contributed by atoms with Gasteiger partial charge >= 0.3 is 12.1 Å². The second kappa shape index (κ2) is 11.4. The van der Waals surface area contributed by atoms with Crippen LogP contribution in [0.1, 0.15) is 41.1 Å². The largest absolute Gasteiger partial charge is 0.542 e. The number of aryl methyl sites for hydroxylation is 2. The minimum absolute atomic E-state index is 0.0691. The van der Waals surface area contributed by atoms with E-state index in [1.165, 1.54) is 5.56 Å². The number of hydrogen-bond acceptors (Lipinski definition) is 5. The van der Waals surface area contributed by atoms with E-state index in [-0.39, 0.29) is 18.1 Å². The van der Waals surface area contributed by atoms with E-state index in [9.17, 15) is 27.9 Å². The highest BCUT2D eigenvalue weighted by Crippen LogP contribution is 2.29. The topological polar surface area (TPSA) is 120 Å². The first kappa shape index (κ1) is 27.9. The average Bonchev–Trinajstić information content (AvgIpc) is 3.24. The number of piperidine rings is 1. The van der Waals surface area contributed by atoms with Crippen LogP contribution >= 0.6 is 0 Å². The molecule has 0 spiro atoms. The van der Waals surface area contributed by atoms with Crippen molar-refractivity contribution in [1.82, 2.24) is 5.32 Å². The number of halogens is 3. The molecule has 1 fully saturated rings. The maximum absolute atomic E-state index is 12.7. The second-order valence-electron chi connectivity index (χ2n) is 9.22. The third kappa shape index (κ3) is 9.08. The van der Waals surface area contributed by atoms with Crippen molar-refractivity contribution in [2.45, 2.75) is 43.8 Å². The molecule has 1 amide bonds. The van der Waals surface area contributed by atoms with E-state index in [2.05, 4.69) is 31.5 Å². The molecule has 192 valence electrons. The van der Waals surface area contributed by atoms with E-state index in [0.29, 0.717) is 19.3 Å². The summed E-state index contributed by atoms with van der Waals surface area (Å²) in [6, 6.07) is 13.6. The Morgan fingerprint density at radius 3 is 2.14 bits per heavy atom. The van der Waals surface area contributed by atoms with Crippen molar-refractivity contribution in [2.75, 3.05) is 27.2 Å². The first-order chi connectivity index (χ1) is 16.2. The maximum atomic E-state index is 12.7. The number of carboxylic acid groups (broad SMARTS) is 2. The second-order valence-corrected chi connectivity index (χ2v) is 9.22. The number of alkyl halides is 3. The number of carboxylic acids is 2. The zero-order valence-electron chi connectivity index (χ0n) is 19.6. The minimum atomic E-state index is -5.19. The van der Waals surface area contributed by atoms with Crippen LogP contribution < -0.4 is 10.4 Å². The third-order valence-electron chi connectivity index (χ3n) is 5.88. The van der Waals surface area contributed by atoms with E-state index >= 15 is 0 Å². The fourth-order valence-corrected chi connectivity index (χ4v) is 3.75. The van der Waals surface area contributed by atoms with Crippen LogP contribution in [0.4, 0.5) is 13.2 Å². The highest BCUT2D eigenvalue weighted by molar-refractivity contribution is 5.92. The molecule has 0 radical (unpaired) electrons. The van der Waals surface area contributed by atoms with Crippen LogP contribution in [0.3, 0.4) is 0 Å². The summed E-state index contributed by atoms with van der Waals surface area (Å²) in [4.78, 5) is 32.9. The smallest absolute Gasteiger partial charge is 0.430 e. The Balaban J connectivity index is 0.000000540. The molecule has 1 aromatic carbocycles. The molecule has 0 bridgehead atoms. The summed E-state index contributed by atoms with van der Waals surface area (Å²) in [7, 11) is 4.25. The molecule has 0 saturated carbocycles. The molecule has 11 heteroatoms. The summed E-state index contributed by atoms with van der Waals surface area (Å²) in [6.45, 7) is 1.65. The maximum Gasteiger partial charge on any atom is 0.430 e. The molecule has 2 N–H and O–H groups in total. The van der Waals surface area contributed by atoms with Gasteiger partial charge in [0, 0.05) is 19.3 Å². The highest BCUT2D eigenvalue weighted by Gasteiger charge is 2.42. The number of nitrogens with one attached hydrogen (secondary N) is 1. The predicted octanol–water partition coefficient (Wildman–Crippen LogP) is 2.18. The quantitative estimate of drug-likeness (QED) is 0.565. The van der Waals surface area contributed by atoms with Crippen LogP contribution in [0.5, 0.6) is 0 Å². The number of hydrogen-bond donors (Lipinski definition) is 2. The molecular weight excluding hydrogens is 469 g/mol. The van der Waals surface area contributed by atoms with Crippen LogP contribution in [0.15, 0.2) is 46.9 Å². The minimum Gasteiger partial charge on any atom is -0.542 e. The molecule has 0 atom stereocenters. The van der Waals surface area contributed by atoms with Crippen LogP contribution in [-0.4, -0.2) is 66.3 Å². The zero-order chi connectivity index (χ0) is 26.3. The van der Waals surface area contributed by atoms with Gasteiger partial charge in [-0.25, -0.2) is 0 Å². The molecule has 1 aliphatic heterocycles. The number of likely N-dealkylation sites (tertiary alicyclic amines) is 1. The Morgan fingerprint density at radius 2 is 1.63 bits per heavy atom. The fourth-order valence-electron chi connectivity index (χ4n) is 3.75. The monoisotopic (exact) mass is 498 g/mol. The number of nitrogens with zero attached hydrogens (tertiary/aromatic N) is 1. The zero-order valence-corrected chi connectivity index (χ0v) is 19.6.